The van der Waals surface area contributed by atoms with Crippen molar-refractivity contribution in [2.75, 3.05) is 24.7 Å². The first-order valence-corrected chi connectivity index (χ1v) is 12.2. The molecule has 1 saturated carbocycles. The fourth-order valence-corrected chi connectivity index (χ4v) is 6.26. The molecule has 1 aliphatic carbocycles. The lowest BCUT2D eigenvalue weighted by Gasteiger charge is -2.51. The van der Waals surface area contributed by atoms with Gasteiger partial charge in [0.25, 0.3) is 0 Å². The molecule has 1 spiro atoms. The lowest BCUT2D eigenvalue weighted by molar-refractivity contribution is -0.127. The number of likely N-dealkylation sites (tertiary alicyclic amines) is 1. The van der Waals surface area contributed by atoms with E-state index < -0.39 is 11.1 Å². The average Bonchev–Trinajstić information content (AvgIpc) is 3.12. The summed E-state index contributed by atoms with van der Waals surface area (Å²) in [6, 6.07) is 15.7. The number of hydrogen-bond donors (Lipinski definition) is 2. The zero-order valence-electron chi connectivity index (χ0n) is 18.1. The normalized spacial score (nSPS) is 28.2. The van der Waals surface area contributed by atoms with Gasteiger partial charge in [0, 0.05) is 24.8 Å². The van der Waals surface area contributed by atoms with Crippen molar-refractivity contribution in [1.82, 2.24) is 10.2 Å². The van der Waals surface area contributed by atoms with Crippen LogP contribution in [-0.2, 0) is 10.4 Å². The first-order chi connectivity index (χ1) is 15.4. The van der Waals surface area contributed by atoms with Crippen LogP contribution in [0.4, 0.5) is 5.69 Å². The molecule has 2 saturated heterocycles. The van der Waals surface area contributed by atoms with E-state index in [1.54, 1.807) is 6.07 Å². The lowest BCUT2D eigenvalue weighted by atomic mass is 9.73. The van der Waals surface area contributed by atoms with Gasteiger partial charge < -0.3 is 15.3 Å². The van der Waals surface area contributed by atoms with Gasteiger partial charge >= 0.3 is 0 Å². The second-order valence-corrected chi connectivity index (χ2v) is 10.1. The van der Waals surface area contributed by atoms with Gasteiger partial charge in [-0.15, -0.1) is 0 Å². The summed E-state index contributed by atoms with van der Waals surface area (Å²) in [6.45, 7) is 2.08. The third-order valence-corrected chi connectivity index (χ3v) is 8.47. The van der Waals surface area contributed by atoms with E-state index in [2.05, 4.69) is 27.2 Å². The van der Waals surface area contributed by atoms with Gasteiger partial charge in [0.2, 0.25) is 5.91 Å². The number of nitrogens with zero attached hydrogens (tertiary/aromatic N) is 2. The minimum absolute atomic E-state index is 0.000446. The van der Waals surface area contributed by atoms with Gasteiger partial charge in [0.05, 0.1) is 16.7 Å². The Morgan fingerprint density at radius 2 is 1.72 bits per heavy atom. The molecule has 5 rings (SSSR count). The number of nitrogens with one attached hydrogen (secondary N) is 1. The van der Waals surface area contributed by atoms with Crippen molar-refractivity contribution in [3.63, 3.8) is 0 Å². The maximum absolute atomic E-state index is 13.0. The monoisotopic (exact) mass is 473 g/mol. The predicted octanol–water partition coefficient (Wildman–Crippen LogP) is 4.55. The van der Waals surface area contributed by atoms with Crippen molar-refractivity contribution < 1.29 is 9.90 Å². The first kappa shape index (κ1) is 22.0. The molecule has 2 aromatic rings. The van der Waals surface area contributed by atoms with Crippen LogP contribution in [0.15, 0.2) is 48.5 Å². The van der Waals surface area contributed by atoms with E-state index in [0.717, 1.165) is 56.4 Å². The second-order valence-electron chi connectivity index (χ2n) is 9.31. The van der Waals surface area contributed by atoms with E-state index in [1.807, 2.05) is 30.3 Å². The van der Waals surface area contributed by atoms with Crippen molar-refractivity contribution >= 4 is 34.8 Å². The van der Waals surface area contributed by atoms with Gasteiger partial charge in [0.1, 0.15) is 11.1 Å². The van der Waals surface area contributed by atoms with Crippen molar-refractivity contribution in [3.8, 4) is 0 Å². The molecule has 3 fully saturated rings. The zero-order chi connectivity index (χ0) is 22.3. The Hall–Kier alpha value is -1.79. The first-order valence-electron chi connectivity index (χ1n) is 11.5. The van der Waals surface area contributed by atoms with Crippen LogP contribution in [0.3, 0.4) is 0 Å². The molecule has 2 aromatic carbocycles. The molecule has 0 unspecified atom stereocenters. The lowest BCUT2D eigenvalue weighted by Crippen LogP contribution is -2.61. The molecule has 32 heavy (non-hydrogen) atoms. The van der Waals surface area contributed by atoms with Crippen LogP contribution in [0.5, 0.6) is 0 Å². The SMILES string of the molecule is O=C1NCN(c2ccccc2)C12CCN([C@@H]1CCCC[C@]1(O)c1ccc(Cl)c(Cl)c1)CC2. The van der Waals surface area contributed by atoms with E-state index in [4.69, 9.17) is 23.2 Å². The molecule has 2 heterocycles. The standard InChI is InChI=1S/C25H29Cl2N3O2/c26-20-10-9-18(16-21(20)27)25(32)11-5-4-8-22(25)29-14-12-24(13-15-29)23(31)28-17-30(24)19-6-2-1-3-7-19/h1-3,6-7,9-10,16,22,32H,4-5,8,11-15,17H2,(H,28,31)/t22-,25+/m1/s1. The van der Waals surface area contributed by atoms with E-state index >= 15 is 0 Å². The van der Waals surface area contributed by atoms with E-state index in [-0.39, 0.29) is 11.9 Å². The van der Waals surface area contributed by atoms with Crippen LogP contribution in [0.1, 0.15) is 44.1 Å². The third kappa shape index (κ3) is 3.60. The molecule has 7 heteroatoms. The van der Waals surface area contributed by atoms with Crippen LogP contribution in [0, 0.1) is 0 Å². The highest BCUT2D eigenvalue weighted by atomic mass is 35.5. The molecular weight excluding hydrogens is 445 g/mol. The highest BCUT2D eigenvalue weighted by Crippen LogP contribution is 2.44. The molecule has 5 nitrogen and oxygen atoms in total. The van der Waals surface area contributed by atoms with Crippen LogP contribution in [-0.4, -0.2) is 47.3 Å². The summed E-state index contributed by atoms with van der Waals surface area (Å²) in [5.74, 6) is 0.115. The summed E-state index contributed by atoms with van der Waals surface area (Å²) in [4.78, 5) is 17.6. The predicted molar refractivity (Wildman–Crippen MR) is 128 cm³/mol. The van der Waals surface area contributed by atoms with E-state index in [0.29, 0.717) is 23.1 Å². The summed E-state index contributed by atoms with van der Waals surface area (Å²) < 4.78 is 0. The van der Waals surface area contributed by atoms with Crippen LogP contribution >= 0.6 is 23.2 Å². The number of hydrogen-bond acceptors (Lipinski definition) is 4. The minimum Gasteiger partial charge on any atom is -0.384 e. The fourth-order valence-electron chi connectivity index (χ4n) is 5.96. The zero-order valence-corrected chi connectivity index (χ0v) is 19.6. The average molecular weight is 474 g/mol. The summed E-state index contributed by atoms with van der Waals surface area (Å²) in [7, 11) is 0. The number of carbonyl (C=O) groups excluding carboxylic acids is 1. The van der Waals surface area contributed by atoms with E-state index in [1.165, 1.54) is 0 Å². The number of piperidine rings is 1. The number of aliphatic hydroxyl groups is 1. The number of para-hydroxylation sites is 1. The number of benzene rings is 2. The molecular formula is C25H29Cl2N3O2. The van der Waals surface area contributed by atoms with Gasteiger partial charge in [-0.2, -0.15) is 0 Å². The Bertz CT molecular complexity index is 994. The van der Waals surface area contributed by atoms with Gasteiger partial charge in [-0.05, 0) is 55.5 Å². The fraction of sp³-hybridized carbons (Fsp3) is 0.480. The molecule has 2 N–H and O–H groups in total. The summed E-state index contributed by atoms with van der Waals surface area (Å²) in [5.41, 5.74) is 0.424. The maximum atomic E-state index is 13.0. The van der Waals surface area contributed by atoms with Gasteiger partial charge in [-0.3, -0.25) is 9.69 Å². The largest absolute Gasteiger partial charge is 0.384 e. The molecule has 2 aliphatic heterocycles. The Morgan fingerprint density at radius 3 is 2.44 bits per heavy atom. The molecule has 3 aliphatic rings. The molecule has 2 atom stereocenters. The number of halogens is 2. The molecule has 0 aromatic heterocycles. The highest BCUT2D eigenvalue weighted by molar-refractivity contribution is 6.42. The minimum atomic E-state index is -0.964. The summed E-state index contributed by atoms with van der Waals surface area (Å²) in [6.07, 6.45) is 5.18. The molecule has 170 valence electrons. The number of anilines is 1. The Labute approximate surface area is 199 Å². The molecule has 1 amide bonds. The number of carbonyl (C=O) groups is 1. The number of amides is 1. The Kier molecular flexibility index (Phi) is 5.87. The van der Waals surface area contributed by atoms with Crippen LogP contribution in [0.2, 0.25) is 10.0 Å². The Morgan fingerprint density at radius 1 is 0.969 bits per heavy atom. The van der Waals surface area contributed by atoms with E-state index in [9.17, 15) is 9.90 Å². The van der Waals surface area contributed by atoms with Crippen molar-refractivity contribution in [2.24, 2.45) is 0 Å². The van der Waals surface area contributed by atoms with Crippen molar-refractivity contribution in [3.05, 3.63) is 64.1 Å². The molecule has 0 bridgehead atoms. The van der Waals surface area contributed by atoms with Gasteiger partial charge in [-0.1, -0.05) is 60.3 Å². The summed E-state index contributed by atoms with van der Waals surface area (Å²) in [5, 5.41) is 15.9. The van der Waals surface area contributed by atoms with Crippen molar-refractivity contribution in [1.29, 1.82) is 0 Å². The van der Waals surface area contributed by atoms with Crippen LogP contribution in [0.25, 0.3) is 0 Å². The highest BCUT2D eigenvalue weighted by Gasteiger charge is 2.53. The van der Waals surface area contributed by atoms with Crippen LogP contribution < -0.4 is 10.2 Å². The summed E-state index contributed by atoms with van der Waals surface area (Å²) >= 11 is 12.4. The molecule has 0 radical (unpaired) electrons. The van der Waals surface area contributed by atoms with Crippen molar-refractivity contribution in [2.45, 2.75) is 55.7 Å². The maximum Gasteiger partial charge on any atom is 0.247 e. The van der Waals surface area contributed by atoms with Gasteiger partial charge in [-0.25, -0.2) is 0 Å². The second kappa shape index (κ2) is 8.53. The quantitative estimate of drug-likeness (QED) is 0.686. The Balaban J connectivity index is 1.38. The number of rotatable bonds is 3. The van der Waals surface area contributed by atoms with Gasteiger partial charge in [0.15, 0.2) is 0 Å². The third-order valence-electron chi connectivity index (χ3n) is 7.73. The topological polar surface area (TPSA) is 55.8 Å². The smallest absolute Gasteiger partial charge is 0.247 e.